The van der Waals surface area contributed by atoms with E-state index < -0.39 is 12.1 Å². The Bertz CT molecular complexity index is 551. The van der Waals surface area contributed by atoms with Crippen molar-refractivity contribution < 1.29 is 19.4 Å². The largest absolute Gasteiger partial charge is 0.546 e. The zero-order valence-corrected chi connectivity index (χ0v) is 10.4. The van der Waals surface area contributed by atoms with Gasteiger partial charge >= 0.3 is 0 Å². The molecule has 2 rings (SSSR count). The molecule has 0 bridgehead atoms. The fourth-order valence-corrected chi connectivity index (χ4v) is 1.49. The first kappa shape index (κ1) is 13.0. The zero-order chi connectivity index (χ0) is 13.7. The van der Waals surface area contributed by atoms with Crippen molar-refractivity contribution in [1.29, 1.82) is 0 Å². The number of aliphatic carboxylic acids is 1. The average molecular weight is 257 g/mol. The van der Waals surface area contributed by atoms with Crippen LogP contribution in [-0.2, 0) is 4.79 Å². The predicted octanol–water partition coefficient (Wildman–Crippen LogP) is 2.00. The van der Waals surface area contributed by atoms with Gasteiger partial charge in [0.15, 0.2) is 0 Å². The molecular weight excluding hydrogens is 244 g/mol. The van der Waals surface area contributed by atoms with E-state index in [1.807, 2.05) is 30.3 Å². The summed E-state index contributed by atoms with van der Waals surface area (Å²) < 4.78 is 10.8. The van der Waals surface area contributed by atoms with Crippen LogP contribution in [0.25, 0.3) is 0 Å². The summed E-state index contributed by atoms with van der Waals surface area (Å²) in [6, 6.07) is 16.1. The summed E-state index contributed by atoms with van der Waals surface area (Å²) in [4.78, 5) is 10.6. The summed E-state index contributed by atoms with van der Waals surface area (Å²) in [5, 5.41) is 10.6. The molecule has 0 N–H and O–H groups in total. The van der Waals surface area contributed by atoms with Gasteiger partial charge in [0.05, 0.1) is 5.97 Å². The third-order valence-electron chi connectivity index (χ3n) is 2.43. The minimum atomic E-state index is -1.26. The number of para-hydroxylation sites is 1. The number of carbonyl (C=O) groups excluding carboxylic acids is 1. The maximum atomic E-state index is 10.6. The molecule has 0 aliphatic carbocycles. The Hall–Kier alpha value is -2.49. The van der Waals surface area contributed by atoms with Crippen LogP contribution in [0.1, 0.15) is 6.92 Å². The van der Waals surface area contributed by atoms with Gasteiger partial charge in [0.25, 0.3) is 0 Å². The molecule has 0 aromatic heterocycles. The molecule has 2 aromatic rings. The summed E-state index contributed by atoms with van der Waals surface area (Å²) in [5.74, 6) is 0.446. The van der Waals surface area contributed by atoms with Gasteiger partial charge in [-0.2, -0.15) is 0 Å². The van der Waals surface area contributed by atoms with E-state index in [2.05, 4.69) is 0 Å². The van der Waals surface area contributed by atoms with E-state index in [4.69, 9.17) is 9.47 Å². The molecule has 0 fully saturated rings. The third kappa shape index (κ3) is 3.74. The topological polar surface area (TPSA) is 58.6 Å². The number of carboxylic acid groups (broad SMARTS) is 1. The first-order valence-electron chi connectivity index (χ1n) is 5.85. The minimum Gasteiger partial charge on any atom is -0.546 e. The molecule has 0 aliphatic rings. The van der Waals surface area contributed by atoms with Crippen LogP contribution in [-0.4, -0.2) is 12.1 Å². The second-order valence-electron chi connectivity index (χ2n) is 3.97. The number of hydrogen-bond donors (Lipinski definition) is 0. The fraction of sp³-hybridized carbons (Fsp3) is 0.133. The zero-order valence-electron chi connectivity index (χ0n) is 10.4. The van der Waals surface area contributed by atoms with Crippen LogP contribution in [0.3, 0.4) is 0 Å². The first-order valence-corrected chi connectivity index (χ1v) is 5.85. The number of rotatable bonds is 5. The number of carboxylic acids is 1. The van der Waals surface area contributed by atoms with Crippen molar-refractivity contribution in [2.24, 2.45) is 0 Å². The van der Waals surface area contributed by atoms with Gasteiger partial charge in [0.1, 0.15) is 23.4 Å². The molecule has 0 spiro atoms. The first-order chi connectivity index (χ1) is 9.15. The molecule has 0 saturated heterocycles. The van der Waals surface area contributed by atoms with Crippen LogP contribution in [0.5, 0.6) is 17.2 Å². The van der Waals surface area contributed by atoms with Crippen LogP contribution >= 0.6 is 0 Å². The van der Waals surface area contributed by atoms with Gasteiger partial charge in [-0.3, -0.25) is 0 Å². The molecule has 4 nitrogen and oxygen atoms in total. The lowest BCUT2D eigenvalue weighted by Gasteiger charge is -2.16. The van der Waals surface area contributed by atoms with Crippen LogP contribution in [0.2, 0.25) is 0 Å². The quantitative estimate of drug-likeness (QED) is 0.822. The summed E-state index contributed by atoms with van der Waals surface area (Å²) in [6.45, 7) is 1.42. The van der Waals surface area contributed by atoms with Crippen molar-refractivity contribution >= 4 is 5.97 Å². The van der Waals surface area contributed by atoms with Gasteiger partial charge in [0, 0.05) is 6.07 Å². The Kier molecular flexibility index (Phi) is 4.03. The predicted molar refractivity (Wildman–Crippen MR) is 68.1 cm³/mol. The highest BCUT2D eigenvalue weighted by Crippen LogP contribution is 2.25. The van der Waals surface area contributed by atoms with E-state index in [0.717, 1.165) is 0 Å². The Balaban J connectivity index is 2.09. The summed E-state index contributed by atoms with van der Waals surface area (Å²) in [5.41, 5.74) is 0. The highest BCUT2D eigenvalue weighted by Gasteiger charge is 2.05. The van der Waals surface area contributed by atoms with E-state index in [9.17, 15) is 9.90 Å². The lowest BCUT2D eigenvalue weighted by Crippen LogP contribution is -2.37. The fourth-order valence-electron chi connectivity index (χ4n) is 1.49. The van der Waals surface area contributed by atoms with Crippen molar-refractivity contribution in [1.82, 2.24) is 0 Å². The Labute approximate surface area is 111 Å². The second-order valence-corrected chi connectivity index (χ2v) is 3.97. The Morgan fingerprint density at radius 1 is 1.00 bits per heavy atom. The molecule has 1 unspecified atom stereocenters. The van der Waals surface area contributed by atoms with Gasteiger partial charge in [-0.25, -0.2) is 0 Å². The monoisotopic (exact) mass is 257 g/mol. The summed E-state index contributed by atoms with van der Waals surface area (Å²) >= 11 is 0. The molecule has 2 aromatic carbocycles. The van der Waals surface area contributed by atoms with E-state index in [0.29, 0.717) is 17.2 Å². The number of ether oxygens (including phenoxy) is 2. The van der Waals surface area contributed by atoms with Crippen LogP contribution in [0.4, 0.5) is 0 Å². The molecule has 98 valence electrons. The van der Waals surface area contributed by atoms with Crippen LogP contribution in [0, 0.1) is 0 Å². The SMILES string of the molecule is CC(Oc1cccc(Oc2ccccc2)c1)C(=O)[O-]. The van der Waals surface area contributed by atoms with Crippen LogP contribution in [0.15, 0.2) is 54.6 Å². The van der Waals surface area contributed by atoms with Crippen LogP contribution < -0.4 is 14.6 Å². The number of benzene rings is 2. The highest BCUT2D eigenvalue weighted by molar-refractivity contribution is 5.69. The molecule has 0 saturated carbocycles. The van der Waals surface area contributed by atoms with E-state index in [-0.39, 0.29) is 0 Å². The Morgan fingerprint density at radius 3 is 2.32 bits per heavy atom. The van der Waals surface area contributed by atoms with E-state index >= 15 is 0 Å². The Morgan fingerprint density at radius 2 is 1.63 bits per heavy atom. The van der Waals surface area contributed by atoms with Crippen molar-refractivity contribution in [3.05, 3.63) is 54.6 Å². The standard InChI is InChI=1S/C15H14O4/c1-11(15(16)17)18-13-8-5-9-14(10-13)19-12-6-3-2-4-7-12/h2-11H,1H3,(H,16,17)/p-1. The molecule has 0 heterocycles. The van der Waals surface area contributed by atoms with Crippen molar-refractivity contribution in [2.75, 3.05) is 0 Å². The number of carbonyl (C=O) groups is 1. The minimum absolute atomic E-state index is 0.421. The molecule has 0 radical (unpaired) electrons. The van der Waals surface area contributed by atoms with E-state index in [1.165, 1.54) is 6.92 Å². The molecule has 0 aliphatic heterocycles. The number of hydrogen-bond acceptors (Lipinski definition) is 4. The lowest BCUT2D eigenvalue weighted by molar-refractivity contribution is -0.312. The second kappa shape index (κ2) is 5.91. The van der Waals surface area contributed by atoms with Gasteiger partial charge < -0.3 is 19.4 Å². The normalized spacial score (nSPS) is 11.6. The third-order valence-corrected chi connectivity index (χ3v) is 2.43. The lowest BCUT2D eigenvalue weighted by atomic mass is 10.3. The van der Waals surface area contributed by atoms with Crippen molar-refractivity contribution in [3.8, 4) is 17.2 Å². The molecule has 1 atom stereocenters. The van der Waals surface area contributed by atoms with Gasteiger partial charge in [-0.15, -0.1) is 0 Å². The van der Waals surface area contributed by atoms with Crippen molar-refractivity contribution in [2.45, 2.75) is 13.0 Å². The molecule has 4 heteroatoms. The maximum Gasteiger partial charge on any atom is 0.135 e. The molecule has 19 heavy (non-hydrogen) atoms. The summed E-state index contributed by atoms with van der Waals surface area (Å²) in [7, 11) is 0. The van der Waals surface area contributed by atoms with Gasteiger partial charge in [0.2, 0.25) is 0 Å². The summed E-state index contributed by atoms with van der Waals surface area (Å²) in [6.07, 6.45) is -1.01. The van der Waals surface area contributed by atoms with E-state index in [1.54, 1.807) is 24.3 Å². The van der Waals surface area contributed by atoms with Crippen molar-refractivity contribution in [3.63, 3.8) is 0 Å². The maximum absolute atomic E-state index is 10.6. The molecule has 0 amide bonds. The smallest absolute Gasteiger partial charge is 0.135 e. The molecular formula is C15H13O4-. The highest BCUT2D eigenvalue weighted by atomic mass is 16.5. The van der Waals surface area contributed by atoms with Gasteiger partial charge in [-0.05, 0) is 31.2 Å². The average Bonchev–Trinajstić information content (AvgIpc) is 2.40. The van der Waals surface area contributed by atoms with Gasteiger partial charge in [-0.1, -0.05) is 24.3 Å².